The van der Waals surface area contributed by atoms with Crippen LogP contribution in [-0.4, -0.2) is 87.4 Å². The van der Waals surface area contributed by atoms with Crippen LogP contribution in [0.1, 0.15) is 57.4 Å². The highest BCUT2D eigenvalue weighted by atomic mass is 35.5. The van der Waals surface area contributed by atoms with Crippen molar-refractivity contribution < 1.29 is 9.53 Å². The van der Waals surface area contributed by atoms with Crippen molar-refractivity contribution in [3.05, 3.63) is 41.3 Å². The molecule has 2 aromatic heterocycles. The molecule has 0 atom stereocenters. The predicted molar refractivity (Wildman–Crippen MR) is 157 cm³/mol. The number of hydrogen-bond donors (Lipinski definition) is 0. The van der Waals surface area contributed by atoms with Gasteiger partial charge in [-0.1, -0.05) is 18.6 Å². The van der Waals surface area contributed by atoms with Gasteiger partial charge in [0.05, 0.1) is 24.7 Å². The number of benzene rings is 1. The average Bonchev–Trinajstić information content (AvgIpc) is 3.39. The molecule has 0 N–H and O–H groups in total. The highest BCUT2D eigenvalue weighted by molar-refractivity contribution is 6.28. The highest BCUT2D eigenvalue weighted by Crippen LogP contribution is 2.32. The molecular formula is C30H40ClN7O2. The largest absolute Gasteiger partial charge is 0.494 e. The number of piperazine rings is 1. The number of nitrogens with zero attached hydrogens (tertiary/aromatic N) is 7. The summed E-state index contributed by atoms with van der Waals surface area (Å²) in [5.74, 6) is 2.14. The minimum atomic E-state index is 0.173. The zero-order valence-corrected chi connectivity index (χ0v) is 24.2. The van der Waals surface area contributed by atoms with Crippen LogP contribution in [0.5, 0.6) is 5.75 Å². The summed E-state index contributed by atoms with van der Waals surface area (Å²) in [6.07, 6.45) is 10.2. The van der Waals surface area contributed by atoms with E-state index in [2.05, 4.69) is 35.8 Å². The number of hydrogen-bond acceptors (Lipinski definition) is 7. The van der Waals surface area contributed by atoms with Gasteiger partial charge in [-0.15, -0.1) is 0 Å². The molecule has 1 aromatic carbocycles. The zero-order valence-electron chi connectivity index (χ0n) is 23.5. The third-order valence-corrected chi connectivity index (χ3v) is 9.00. The molecule has 40 heavy (non-hydrogen) atoms. The number of piperidine rings is 1. The number of anilines is 1. The van der Waals surface area contributed by atoms with Crippen LogP contribution in [0.3, 0.4) is 0 Å². The van der Waals surface area contributed by atoms with Crippen molar-refractivity contribution in [3.8, 4) is 5.75 Å². The number of likely N-dealkylation sites (tertiary alicyclic amines) is 1. The lowest BCUT2D eigenvalue weighted by Crippen LogP contribution is -2.51. The number of fused-ring (bicyclic) bond motifs is 1. The Morgan fingerprint density at radius 3 is 2.52 bits per heavy atom. The summed E-state index contributed by atoms with van der Waals surface area (Å²) in [5, 5.41) is 5.71. The summed E-state index contributed by atoms with van der Waals surface area (Å²) < 4.78 is 7.51. The molecule has 2 aliphatic heterocycles. The van der Waals surface area contributed by atoms with Gasteiger partial charge in [0.25, 0.3) is 0 Å². The van der Waals surface area contributed by atoms with Crippen molar-refractivity contribution in [2.45, 2.75) is 64.5 Å². The summed E-state index contributed by atoms with van der Waals surface area (Å²) in [6, 6.07) is 8.70. The van der Waals surface area contributed by atoms with E-state index in [9.17, 15) is 4.79 Å². The summed E-state index contributed by atoms with van der Waals surface area (Å²) in [4.78, 5) is 29.5. The molecule has 1 amide bonds. The van der Waals surface area contributed by atoms with E-state index in [1.807, 2.05) is 36.0 Å². The minimum absolute atomic E-state index is 0.173. The Kier molecular flexibility index (Phi) is 8.39. The molecule has 214 valence electrons. The zero-order chi connectivity index (χ0) is 27.5. The van der Waals surface area contributed by atoms with E-state index in [-0.39, 0.29) is 11.2 Å². The van der Waals surface area contributed by atoms with E-state index in [0.717, 1.165) is 61.3 Å². The second kappa shape index (κ2) is 12.3. The molecule has 0 spiro atoms. The van der Waals surface area contributed by atoms with Crippen LogP contribution >= 0.6 is 11.6 Å². The van der Waals surface area contributed by atoms with Gasteiger partial charge in [0, 0.05) is 38.1 Å². The quantitative estimate of drug-likeness (QED) is 0.387. The number of aromatic nitrogens is 4. The number of halogens is 1. The monoisotopic (exact) mass is 565 g/mol. The van der Waals surface area contributed by atoms with Crippen LogP contribution in [0.15, 0.2) is 30.5 Å². The van der Waals surface area contributed by atoms with Crippen molar-refractivity contribution >= 4 is 34.4 Å². The van der Waals surface area contributed by atoms with Gasteiger partial charge in [0.2, 0.25) is 11.2 Å². The molecule has 9 nitrogen and oxygen atoms in total. The van der Waals surface area contributed by atoms with Crippen molar-refractivity contribution in [1.29, 1.82) is 0 Å². The minimum Gasteiger partial charge on any atom is -0.494 e. The number of carbonyl (C=O) groups excluding carboxylic acids is 1. The molecule has 10 heteroatoms. The van der Waals surface area contributed by atoms with Crippen LogP contribution < -0.4 is 9.64 Å². The van der Waals surface area contributed by atoms with Gasteiger partial charge in [-0.3, -0.25) is 4.79 Å². The molecule has 3 aromatic rings. The molecular weight excluding hydrogens is 526 g/mol. The Morgan fingerprint density at radius 1 is 1.00 bits per heavy atom. The molecule has 3 aliphatic rings. The van der Waals surface area contributed by atoms with E-state index < -0.39 is 0 Å². The molecule has 6 rings (SSSR count). The summed E-state index contributed by atoms with van der Waals surface area (Å²) in [6.45, 7) is 8.48. The van der Waals surface area contributed by atoms with Gasteiger partial charge in [0.1, 0.15) is 11.6 Å². The predicted octanol–water partition coefficient (Wildman–Crippen LogP) is 4.62. The lowest BCUT2D eigenvalue weighted by atomic mass is 9.83. The normalized spacial score (nSPS) is 22.6. The van der Waals surface area contributed by atoms with Gasteiger partial charge < -0.3 is 19.4 Å². The van der Waals surface area contributed by atoms with Crippen molar-refractivity contribution in [3.63, 3.8) is 0 Å². The Balaban J connectivity index is 1.08. The summed E-state index contributed by atoms with van der Waals surface area (Å²) >= 11 is 6.41. The van der Waals surface area contributed by atoms with Gasteiger partial charge in [-0.25, -0.2) is 4.68 Å². The first-order valence-corrected chi connectivity index (χ1v) is 15.4. The molecule has 2 saturated heterocycles. The molecule has 0 bridgehead atoms. The van der Waals surface area contributed by atoms with Crippen LogP contribution in [0, 0.1) is 5.92 Å². The number of carbonyl (C=O) groups is 1. The first-order chi connectivity index (χ1) is 19.6. The molecule has 1 aliphatic carbocycles. The maximum atomic E-state index is 13.4. The maximum Gasteiger partial charge on any atom is 0.226 e. The Hall–Kier alpha value is -2.91. The first kappa shape index (κ1) is 27.3. The van der Waals surface area contributed by atoms with E-state index >= 15 is 0 Å². The number of amides is 1. The van der Waals surface area contributed by atoms with E-state index in [1.165, 1.54) is 32.4 Å². The first-order valence-electron chi connectivity index (χ1n) is 15.0. The van der Waals surface area contributed by atoms with Crippen molar-refractivity contribution in [2.24, 2.45) is 5.92 Å². The summed E-state index contributed by atoms with van der Waals surface area (Å²) in [7, 11) is 0. The van der Waals surface area contributed by atoms with Crippen molar-refractivity contribution in [1.82, 2.24) is 29.5 Å². The van der Waals surface area contributed by atoms with E-state index in [1.54, 1.807) is 0 Å². The van der Waals surface area contributed by atoms with E-state index in [4.69, 9.17) is 16.3 Å². The molecule has 3 fully saturated rings. The second-order valence-corrected chi connectivity index (χ2v) is 11.7. The van der Waals surface area contributed by atoms with Gasteiger partial charge in [-0.2, -0.15) is 15.1 Å². The van der Waals surface area contributed by atoms with Crippen LogP contribution in [-0.2, 0) is 11.3 Å². The fraction of sp³-hybridized carbons (Fsp3) is 0.600. The molecule has 4 heterocycles. The Bertz CT molecular complexity index is 1310. The summed E-state index contributed by atoms with van der Waals surface area (Å²) in [5.41, 5.74) is 1.78. The van der Waals surface area contributed by atoms with Gasteiger partial charge in [-0.05, 0) is 87.8 Å². The molecule has 0 unspecified atom stereocenters. The van der Waals surface area contributed by atoms with E-state index in [0.29, 0.717) is 43.8 Å². The third kappa shape index (κ3) is 5.91. The Morgan fingerprint density at radius 2 is 1.77 bits per heavy atom. The lowest BCUT2D eigenvalue weighted by molar-refractivity contribution is -0.137. The lowest BCUT2D eigenvalue weighted by Gasteiger charge is -2.41. The smallest absolute Gasteiger partial charge is 0.226 e. The Labute approximate surface area is 241 Å². The fourth-order valence-corrected chi connectivity index (χ4v) is 6.87. The van der Waals surface area contributed by atoms with Crippen LogP contribution in [0.2, 0.25) is 5.28 Å². The van der Waals surface area contributed by atoms with Crippen LogP contribution in [0.25, 0.3) is 11.0 Å². The molecule has 1 saturated carbocycles. The SMILES string of the molecule is CCOc1cccc(Cn2ncc3c(N4CCN(C(=O)[C@H]5CC[C@H](N6CCCCC6)CC5)CC4)nc(Cl)nc32)c1. The standard InChI is InChI=1S/C30H40ClN7O2/c1-2-40-25-8-6-7-22(19-25)21-38-28-26(20-32-38)27(33-30(31)34-28)36-15-17-37(18-16-36)29(39)23-9-11-24(12-10-23)35-13-4-3-5-14-35/h6-8,19-20,23-24H,2-5,9-18,21H2,1H3/t23-,24-. The average molecular weight is 566 g/mol. The van der Waals surface area contributed by atoms with Gasteiger partial charge >= 0.3 is 0 Å². The van der Waals surface area contributed by atoms with Gasteiger partial charge in [0.15, 0.2) is 5.65 Å². The maximum absolute atomic E-state index is 13.4. The highest BCUT2D eigenvalue weighted by Gasteiger charge is 2.33. The number of rotatable bonds is 7. The fourth-order valence-electron chi connectivity index (χ4n) is 6.71. The molecule has 0 radical (unpaired) electrons. The third-order valence-electron chi connectivity index (χ3n) is 8.83. The topological polar surface area (TPSA) is 79.6 Å². The second-order valence-electron chi connectivity index (χ2n) is 11.4. The van der Waals surface area contributed by atoms with Crippen molar-refractivity contribution in [2.75, 3.05) is 50.8 Å². The number of ether oxygens (including phenoxy) is 1. The van der Waals surface area contributed by atoms with Crippen LogP contribution in [0.4, 0.5) is 5.82 Å².